The average Bonchev–Trinajstić information content (AvgIpc) is 2.38. The maximum Gasteiger partial charge on any atom is 0.132 e. The fourth-order valence-corrected chi connectivity index (χ4v) is 0.781. The monoisotopic (exact) mass is 141 g/mol. The lowest BCUT2D eigenvalue weighted by Crippen LogP contribution is -2.05. The van der Waals surface area contributed by atoms with E-state index in [0.29, 0.717) is 18.7 Å². The van der Waals surface area contributed by atoms with Gasteiger partial charge in [-0.05, 0) is 25.1 Å². The van der Waals surface area contributed by atoms with E-state index in [4.69, 9.17) is 10.2 Å². The van der Waals surface area contributed by atoms with Crippen molar-refractivity contribution in [2.45, 2.75) is 12.5 Å². The van der Waals surface area contributed by atoms with Gasteiger partial charge >= 0.3 is 0 Å². The Labute approximate surface area is 59.5 Å². The molecule has 1 aromatic heterocycles. The summed E-state index contributed by atoms with van der Waals surface area (Å²) in [6.45, 7) is 0.474. The first-order valence-corrected chi connectivity index (χ1v) is 3.26. The molecule has 0 saturated heterocycles. The van der Waals surface area contributed by atoms with Crippen molar-refractivity contribution < 1.29 is 9.52 Å². The average molecular weight is 141 g/mol. The lowest BCUT2D eigenvalue weighted by atomic mass is 10.2. The summed E-state index contributed by atoms with van der Waals surface area (Å²) in [7, 11) is 0. The molecule has 0 aliphatic heterocycles. The maximum atomic E-state index is 9.24. The fraction of sp³-hybridized carbons (Fsp3) is 0.429. The Kier molecular flexibility index (Phi) is 2.48. The van der Waals surface area contributed by atoms with Gasteiger partial charge in [0.05, 0.1) is 6.26 Å². The van der Waals surface area contributed by atoms with Crippen LogP contribution in [0.5, 0.6) is 0 Å². The molecule has 1 aromatic rings. The van der Waals surface area contributed by atoms with Gasteiger partial charge in [0.2, 0.25) is 0 Å². The van der Waals surface area contributed by atoms with Crippen molar-refractivity contribution in [1.82, 2.24) is 0 Å². The molecule has 10 heavy (non-hydrogen) atoms. The third-order valence-electron chi connectivity index (χ3n) is 1.31. The molecule has 0 spiro atoms. The Morgan fingerprint density at radius 3 is 3.00 bits per heavy atom. The van der Waals surface area contributed by atoms with Crippen LogP contribution in [0.1, 0.15) is 18.3 Å². The Hall–Kier alpha value is -0.800. The predicted molar refractivity (Wildman–Crippen MR) is 37.3 cm³/mol. The Balaban J connectivity index is 2.50. The number of furan rings is 1. The van der Waals surface area contributed by atoms with Crippen LogP contribution in [0.25, 0.3) is 0 Å². The van der Waals surface area contributed by atoms with Crippen LogP contribution < -0.4 is 5.73 Å². The molecule has 1 atom stereocenters. The van der Waals surface area contributed by atoms with E-state index in [2.05, 4.69) is 0 Å². The fourth-order valence-electron chi connectivity index (χ4n) is 0.781. The minimum Gasteiger partial charge on any atom is -0.467 e. The summed E-state index contributed by atoms with van der Waals surface area (Å²) in [6, 6.07) is 3.48. The maximum absolute atomic E-state index is 9.24. The summed E-state index contributed by atoms with van der Waals surface area (Å²) in [5.74, 6) is 0.588. The highest BCUT2D eigenvalue weighted by Crippen LogP contribution is 2.14. The third kappa shape index (κ3) is 1.59. The first-order valence-electron chi connectivity index (χ1n) is 3.26. The molecule has 0 fully saturated rings. The van der Waals surface area contributed by atoms with E-state index in [1.807, 2.05) is 0 Å². The second-order valence-electron chi connectivity index (χ2n) is 2.11. The standard InChI is InChI=1S/C7H11NO2/c8-4-3-6(9)7-2-1-5-10-7/h1-2,5-6,9H,3-4,8H2/t6-/m1/s1. The highest BCUT2D eigenvalue weighted by Gasteiger charge is 2.07. The van der Waals surface area contributed by atoms with Crippen LogP contribution in [0.2, 0.25) is 0 Å². The molecule has 0 unspecified atom stereocenters. The van der Waals surface area contributed by atoms with Crippen LogP contribution in [0.15, 0.2) is 22.8 Å². The summed E-state index contributed by atoms with van der Waals surface area (Å²) in [6.07, 6.45) is 1.54. The SMILES string of the molecule is NCC[C@@H](O)c1ccco1. The predicted octanol–water partition coefficient (Wildman–Crippen LogP) is 0.662. The van der Waals surface area contributed by atoms with Gasteiger partial charge in [0.1, 0.15) is 11.9 Å². The van der Waals surface area contributed by atoms with Gasteiger partial charge in [0.15, 0.2) is 0 Å². The molecule has 56 valence electrons. The highest BCUT2D eigenvalue weighted by atomic mass is 16.4. The van der Waals surface area contributed by atoms with Crippen molar-refractivity contribution in [3.05, 3.63) is 24.2 Å². The molecule has 0 aliphatic carbocycles. The van der Waals surface area contributed by atoms with Gasteiger partial charge in [0.25, 0.3) is 0 Å². The molecule has 1 rings (SSSR count). The minimum absolute atomic E-state index is 0.474. The molecular weight excluding hydrogens is 130 g/mol. The van der Waals surface area contributed by atoms with Crippen molar-refractivity contribution >= 4 is 0 Å². The first kappa shape index (κ1) is 7.31. The number of nitrogens with two attached hydrogens (primary N) is 1. The molecule has 1 heterocycles. The second-order valence-corrected chi connectivity index (χ2v) is 2.11. The van der Waals surface area contributed by atoms with Gasteiger partial charge in [-0.1, -0.05) is 0 Å². The van der Waals surface area contributed by atoms with Gasteiger partial charge in [-0.15, -0.1) is 0 Å². The third-order valence-corrected chi connectivity index (χ3v) is 1.31. The molecule has 0 saturated carbocycles. The number of aliphatic hydroxyl groups is 1. The molecule has 0 aromatic carbocycles. The topological polar surface area (TPSA) is 59.4 Å². The van der Waals surface area contributed by atoms with E-state index in [9.17, 15) is 5.11 Å². The van der Waals surface area contributed by atoms with Crippen LogP contribution in [0.3, 0.4) is 0 Å². The van der Waals surface area contributed by atoms with Crippen LogP contribution in [0, 0.1) is 0 Å². The smallest absolute Gasteiger partial charge is 0.132 e. The zero-order valence-electron chi connectivity index (χ0n) is 5.66. The molecule has 0 bridgehead atoms. The molecule has 0 amide bonds. The van der Waals surface area contributed by atoms with E-state index >= 15 is 0 Å². The second kappa shape index (κ2) is 3.39. The zero-order valence-corrected chi connectivity index (χ0v) is 5.66. The summed E-state index contributed by atoms with van der Waals surface area (Å²) in [5.41, 5.74) is 5.23. The molecular formula is C7H11NO2. The van der Waals surface area contributed by atoms with Crippen molar-refractivity contribution in [3.8, 4) is 0 Å². The van der Waals surface area contributed by atoms with Gasteiger partial charge in [-0.3, -0.25) is 0 Å². The molecule has 3 nitrogen and oxygen atoms in total. The minimum atomic E-state index is -0.542. The van der Waals surface area contributed by atoms with Crippen molar-refractivity contribution in [2.24, 2.45) is 5.73 Å². The number of rotatable bonds is 3. The van der Waals surface area contributed by atoms with Crippen LogP contribution in [0.4, 0.5) is 0 Å². The lowest BCUT2D eigenvalue weighted by Gasteiger charge is -2.03. The van der Waals surface area contributed by atoms with Gasteiger partial charge < -0.3 is 15.3 Å². The van der Waals surface area contributed by atoms with Crippen LogP contribution >= 0.6 is 0 Å². The van der Waals surface area contributed by atoms with Gasteiger partial charge in [-0.2, -0.15) is 0 Å². The first-order chi connectivity index (χ1) is 4.84. The molecule has 3 N–H and O–H groups in total. The summed E-state index contributed by atoms with van der Waals surface area (Å²) in [4.78, 5) is 0. The summed E-state index contributed by atoms with van der Waals surface area (Å²) >= 11 is 0. The highest BCUT2D eigenvalue weighted by molar-refractivity contribution is 5.01. The lowest BCUT2D eigenvalue weighted by molar-refractivity contribution is 0.143. The molecule has 3 heteroatoms. The largest absolute Gasteiger partial charge is 0.467 e. The van der Waals surface area contributed by atoms with Crippen molar-refractivity contribution in [1.29, 1.82) is 0 Å². The van der Waals surface area contributed by atoms with E-state index < -0.39 is 6.10 Å². The van der Waals surface area contributed by atoms with Crippen LogP contribution in [-0.2, 0) is 0 Å². The zero-order chi connectivity index (χ0) is 7.40. The van der Waals surface area contributed by atoms with Gasteiger partial charge in [-0.25, -0.2) is 0 Å². The van der Waals surface area contributed by atoms with Crippen molar-refractivity contribution in [3.63, 3.8) is 0 Å². The van der Waals surface area contributed by atoms with E-state index in [1.165, 1.54) is 6.26 Å². The number of hydrogen-bond acceptors (Lipinski definition) is 3. The van der Waals surface area contributed by atoms with Crippen molar-refractivity contribution in [2.75, 3.05) is 6.54 Å². The van der Waals surface area contributed by atoms with E-state index in [0.717, 1.165) is 0 Å². The summed E-state index contributed by atoms with van der Waals surface area (Å²) in [5, 5.41) is 9.24. The number of hydrogen-bond donors (Lipinski definition) is 2. The normalized spacial score (nSPS) is 13.4. The van der Waals surface area contributed by atoms with Gasteiger partial charge in [0, 0.05) is 0 Å². The Morgan fingerprint density at radius 1 is 1.70 bits per heavy atom. The summed E-state index contributed by atoms with van der Waals surface area (Å²) < 4.78 is 4.94. The Morgan fingerprint density at radius 2 is 2.50 bits per heavy atom. The molecule has 0 aliphatic rings. The molecule has 0 radical (unpaired) electrons. The number of aliphatic hydroxyl groups excluding tert-OH is 1. The quantitative estimate of drug-likeness (QED) is 0.650. The van der Waals surface area contributed by atoms with Crippen LogP contribution in [-0.4, -0.2) is 11.7 Å². The Bertz CT molecular complexity index is 172. The van der Waals surface area contributed by atoms with E-state index in [1.54, 1.807) is 12.1 Å². The van der Waals surface area contributed by atoms with E-state index in [-0.39, 0.29) is 0 Å².